The molecule has 0 radical (unpaired) electrons. The van der Waals surface area contributed by atoms with Gasteiger partial charge in [-0.05, 0) is 26.9 Å². The molecule has 0 amide bonds. The summed E-state index contributed by atoms with van der Waals surface area (Å²) in [5.41, 5.74) is -0.642. The zero-order chi connectivity index (χ0) is 11.6. The molecule has 0 aliphatic carbocycles. The largest absolute Gasteiger partial charge is 0.506 e. The molecule has 1 fully saturated rings. The van der Waals surface area contributed by atoms with Crippen LogP contribution < -0.4 is 0 Å². The van der Waals surface area contributed by atoms with Crippen LogP contribution in [0.1, 0.15) is 13.3 Å². The molecule has 1 rings (SSSR count). The second kappa shape index (κ2) is 4.57. The number of likely N-dealkylation sites (N-methyl/N-ethyl adjacent to an activating group) is 1. The molecule has 0 bridgehead atoms. The van der Waals surface area contributed by atoms with Crippen molar-refractivity contribution < 1.29 is 17.7 Å². The van der Waals surface area contributed by atoms with Gasteiger partial charge >= 0.3 is 6.98 Å². The van der Waals surface area contributed by atoms with E-state index in [1.807, 2.05) is 6.92 Å². The molecule has 1 saturated heterocycles. The van der Waals surface area contributed by atoms with Gasteiger partial charge in [0.15, 0.2) is 0 Å². The molecule has 0 saturated carbocycles. The highest BCUT2D eigenvalue weighted by Crippen LogP contribution is 2.23. The van der Waals surface area contributed by atoms with Gasteiger partial charge in [-0.15, -0.1) is 12.1 Å². The maximum absolute atomic E-state index is 12.3. The second-order valence-electron chi connectivity index (χ2n) is 4.08. The molecule has 2 nitrogen and oxygen atoms in total. The normalized spacial score (nSPS) is 27.3. The van der Waals surface area contributed by atoms with E-state index in [2.05, 4.69) is 6.58 Å². The summed E-state index contributed by atoms with van der Waals surface area (Å²) in [6.45, 7) is 0.554. The summed E-state index contributed by atoms with van der Waals surface area (Å²) in [5.74, 6) is 0. The summed E-state index contributed by atoms with van der Waals surface area (Å²) in [5, 5.41) is 0. The van der Waals surface area contributed by atoms with E-state index in [1.165, 1.54) is 0 Å². The smallest absolute Gasteiger partial charge is 0.445 e. The van der Waals surface area contributed by atoms with Crippen molar-refractivity contribution >= 4 is 6.98 Å². The lowest BCUT2D eigenvalue weighted by molar-refractivity contribution is 0.0867. The number of nitrogens with zero attached hydrogens (tertiary/aromatic N) is 1. The Hall–Kier alpha value is -0.485. The van der Waals surface area contributed by atoms with Crippen LogP contribution in [0.2, 0.25) is 0 Å². The number of hydrogen-bond donors (Lipinski definition) is 0. The fourth-order valence-corrected chi connectivity index (χ4v) is 1.84. The van der Waals surface area contributed by atoms with Crippen molar-refractivity contribution in [3.63, 3.8) is 0 Å². The van der Waals surface area contributed by atoms with Crippen LogP contribution >= 0.6 is 0 Å². The van der Waals surface area contributed by atoms with Gasteiger partial charge in [0.05, 0.1) is 6.10 Å². The van der Waals surface area contributed by atoms with Crippen molar-refractivity contribution in [1.82, 2.24) is 4.90 Å². The van der Waals surface area contributed by atoms with E-state index in [0.717, 1.165) is 6.42 Å². The Balaban J connectivity index is 2.48. The van der Waals surface area contributed by atoms with E-state index in [9.17, 15) is 12.9 Å². The summed E-state index contributed by atoms with van der Waals surface area (Å²) in [6.07, 6.45) is 0.791. The number of hydrogen-bond acceptors (Lipinski definition) is 2. The minimum absolute atomic E-state index is 0.00327. The third-order valence-electron chi connectivity index (χ3n) is 2.82. The number of ether oxygens (including phenoxy) is 1. The van der Waals surface area contributed by atoms with Gasteiger partial charge in [-0.3, -0.25) is 4.90 Å². The minimum atomic E-state index is -4.92. The van der Waals surface area contributed by atoms with Crippen molar-refractivity contribution in [2.24, 2.45) is 0 Å². The van der Waals surface area contributed by atoms with Crippen LogP contribution in [-0.4, -0.2) is 44.2 Å². The van der Waals surface area contributed by atoms with Crippen molar-refractivity contribution in [3.05, 3.63) is 12.1 Å². The zero-order valence-corrected chi connectivity index (χ0v) is 9.05. The highest BCUT2D eigenvalue weighted by molar-refractivity contribution is 6.66. The predicted molar refractivity (Wildman–Crippen MR) is 54.7 cm³/mol. The molecule has 0 aromatic carbocycles. The first-order valence-corrected chi connectivity index (χ1v) is 5.02. The molecule has 1 aliphatic rings. The van der Waals surface area contributed by atoms with Gasteiger partial charge in [-0.2, -0.15) is 0 Å². The SMILES string of the molecule is C=C(CN(C)C1CCOC1C)[B-](F)(F)F. The van der Waals surface area contributed by atoms with Crippen LogP contribution in [0.5, 0.6) is 0 Å². The van der Waals surface area contributed by atoms with E-state index in [-0.39, 0.29) is 18.7 Å². The molecule has 1 aliphatic heterocycles. The Morgan fingerprint density at radius 1 is 1.53 bits per heavy atom. The maximum Gasteiger partial charge on any atom is 0.506 e. The van der Waals surface area contributed by atoms with Gasteiger partial charge in [0.2, 0.25) is 0 Å². The van der Waals surface area contributed by atoms with Crippen LogP contribution in [0.15, 0.2) is 12.1 Å². The Bertz CT molecular complexity index is 244. The fraction of sp³-hybridized carbons (Fsp3) is 0.778. The molecule has 15 heavy (non-hydrogen) atoms. The zero-order valence-electron chi connectivity index (χ0n) is 9.05. The van der Waals surface area contributed by atoms with E-state index in [0.29, 0.717) is 6.61 Å². The fourth-order valence-electron chi connectivity index (χ4n) is 1.84. The maximum atomic E-state index is 12.3. The topological polar surface area (TPSA) is 12.5 Å². The Kier molecular flexibility index (Phi) is 3.84. The van der Waals surface area contributed by atoms with Crippen molar-refractivity contribution in [1.29, 1.82) is 0 Å². The lowest BCUT2D eigenvalue weighted by atomic mass is 9.80. The molecule has 6 heteroatoms. The summed E-state index contributed by atoms with van der Waals surface area (Å²) in [6, 6.07) is 0.0694. The summed E-state index contributed by atoms with van der Waals surface area (Å²) < 4.78 is 42.2. The summed E-state index contributed by atoms with van der Waals surface area (Å²) in [4.78, 5) is 1.68. The Labute approximate surface area is 88.1 Å². The molecule has 0 aromatic heterocycles. The molecule has 0 spiro atoms. The van der Waals surface area contributed by atoms with Crippen LogP contribution in [0.25, 0.3) is 0 Å². The van der Waals surface area contributed by atoms with Gasteiger partial charge in [0, 0.05) is 12.6 Å². The van der Waals surface area contributed by atoms with Crippen molar-refractivity contribution in [3.8, 4) is 0 Å². The molecular weight excluding hydrogens is 206 g/mol. The average Bonchev–Trinajstić information content (AvgIpc) is 2.49. The molecule has 2 atom stereocenters. The molecule has 0 N–H and O–H groups in total. The molecule has 1 heterocycles. The predicted octanol–water partition coefficient (Wildman–Crippen LogP) is 2.04. The first-order valence-electron chi connectivity index (χ1n) is 5.02. The monoisotopic (exact) mass is 222 g/mol. The van der Waals surface area contributed by atoms with Crippen molar-refractivity contribution in [2.75, 3.05) is 20.2 Å². The Morgan fingerprint density at radius 2 is 2.13 bits per heavy atom. The third-order valence-corrected chi connectivity index (χ3v) is 2.82. The van der Waals surface area contributed by atoms with E-state index in [1.54, 1.807) is 11.9 Å². The quantitative estimate of drug-likeness (QED) is 0.675. The molecule has 0 aromatic rings. The summed E-state index contributed by atoms with van der Waals surface area (Å²) >= 11 is 0. The molecule has 2 unspecified atom stereocenters. The molecular formula is C9H16BF3NO-. The third kappa shape index (κ3) is 3.24. The van der Waals surface area contributed by atoms with E-state index < -0.39 is 12.4 Å². The molecule has 88 valence electrons. The lowest BCUT2D eigenvalue weighted by Gasteiger charge is -2.30. The first-order chi connectivity index (χ1) is 6.82. The van der Waals surface area contributed by atoms with Gasteiger partial charge < -0.3 is 17.7 Å². The second-order valence-corrected chi connectivity index (χ2v) is 4.08. The summed E-state index contributed by atoms with van der Waals surface area (Å²) in [7, 11) is 1.68. The van der Waals surface area contributed by atoms with Crippen LogP contribution in [0.4, 0.5) is 12.9 Å². The van der Waals surface area contributed by atoms with Crippen LogP contribution in [0.3, 0.4) is 0 Å². The standard InChI is InChI=1S/C9H16BF3NO/c1-7(10(11,12)13)6-14(3)9-4-5-15-8(9)2/h8-9H,1,4-6H2,2-3H3/q-1. The van der Waals surface area contributed by atoms with Gasteiger partial charge in [-0.1, -0.05) is 0 Å². The van der Waals surface area contributed by atoms with Crippen LogP contribution in [-0.2, 0) is 4.74 Å². The van der Waals surface area contributed by atoms with Gasteiger partial charge in [-0.25, -0.2) is 0 Å². The number of halogens is 3. The van der Waals surface area contributed by atoms with Crippen molar-refractivity contribution in [2.45, 2.75) is 25.5 Å². The first kappa shape index (κ1) is 12.6. The Morgan fingerprint density at radius 3 is 2.53 bits per heavy atom. The van der Waals surface area contributed by atoms with E-state index >= 15 is 0 Å². The highest BCUT2D eigenvalue weighted by atomic mass is 19.4. The highest BCUT2D eigenvalue weighted by Gasteiger charge is 2.32. The van der Waals surface area contributed by atoms with Gasteiger partial charge in [0.25, 0.3) is 0 Å². The average molecular weight is 222 g/mol. The number of rotatable bonds is 4. The van der Waals surface area contributed by atoms with Crippen LogP contribution in [0, 0.1) is 0 Å². The lowest BCUT2D eigenvalue weighted by Crippen LogP contribution is -2.40. The van der Waals surface area contributed by atoms with Gasteiger partial charge in [0.1, 0.15) is 0 Å². The van der Waals surface area contributed by atoms with E-state index in [4.69, 9.17) is 4.74 Å². The minimum Gasteiger partial charge on any atom is -0.445 e.